The first-order chi connectivity index (χ1) is 9.49. The van der Waals surface area contributed by atoms with Crippen molar-refractivity contribution in [3.63, 3.8) is 0 Å². The number of nitrogens with zero attached hydrogens (tertiary/aromatic N) is 1. The Labute approximate surface area is 117 Å². The van der Waals surface area contributed by atoms with Crippen molar-refractivity contribution in [3.05, 3.63) is 0 Å². The van der Waals surface area contributed by atoms with Gasteiger partial charge in [0.05, 0.1) is 5.60 Å². The van der Waals surface area contributed by atoms with E-state index in [-0.39, 0.29) is 39.1 Å². The van der Waals surface area contributed by atoms with E-state index in [0.717, 1.165) is 4.90 Å². The van der Waals surface area contributed by atoms with Crippen molar-refractivity contribution < 1.29 is 36.2 Å². The molecule has 0 atom stereocenters. The highest BCUT2D eigenvalue weighted by Gasteiger charge is 2.72. The predicted octanol–water partition coefficient (Wildman–Crippen LogP) is 2.34. The molecule has 0 spiro atoms. The average molecular weight is 321 g/mol. The van der Waals surface area contributed by atoms with Gasteiger partial charge in [-0.15, -0.1) is 0 Å². The lowest BCUT2D eigenvalue weighted by molar-refractivity contribution is -0.335. The predicted molar refractivity (Wildman–Crippen MR) is 60.6 cm³/mol. The number of likely N-dealkylation sites (tertiary alicyclic amines) is 1. The molecule has 0 amide bonds. The van der Waals surface area contributed by atoms with Crippen molar-refractivity contribution in [1.29, 1.82) is 0 Å². The van der Waals surface area contributed by atoms with Gasteiger partial charge in [-0.3, -0.25) is 4.90 Å². The van der Waals surface area contributed by atoms with Crippen molar-refractivity contribution >= 4 is 0 Å². The molecular weight excluding hydrogens is 304 g/mol. The molecule has 0 radical (unpaired) electrons. The summed E-state index contributed by atoms with van der Waals surface area (Å²) in [7, 11) is 0. The van der Waals surface area contributed by atoms with Crippen LogP contribution in [0.5, 0.6) is 0 Å². The fourth-order valence-electron chi connectivity index (χ4n) is 2.97. The van der Waals surface area contributed by atoms with Crippen molar-refractivity contribution in [2.75, 3.05) is 32.8 Å². The molecule has 2 rings (SSSR count). The third-order valence-electron chi connectivity index (χ3n) is 4.38. The zero-order valence-corrected chi connectivity index (χ0v) is 11.2. The van der Waals surface area contributed by atoms with Gasteiger partial charge < -0.3 is 9.84 Å². The van der Waals surface area contributed by atoms with Gasteiger partial charge in [-0.05, 0) is 13.0 Å². The molecule has 0 aromatic heterocycles. The van der Waals surface area contributed by atoms with Crippen molar-refractivity contribution in [1.82, 2.24) is 4.90 Å². The van der Waals surface area contributed by atoms with Gasteiger partial charge >= 0.3 is 12.4 Å². The van der Waals surface area contributed by atoms with E-state index in [1.807, 2.05) is 0 Å². The van der Waals surface area contributed by atoms with Crippen LogP contribution in [0.15, 0.2) is 0 Å². The molecule has 2 aliphatic rings. The zero-order chi connectivity index (χ0) is 15.9. The van der Waals surface area contributed by atoms with Crippen LogP contribution in [0.2, 0.25) is 0 Å². The molecule has 2 saturated heterocycles. The summed E-state index contributed by atoms with van der Waals surface area (Å²) >= 11 is 0. The Hall–Kier alpha value is -0.540. The van der Waals surface area contributed by atoms with Crippen LogP contribution in [0.25, 0.3) is 0 Å². The van der Waals surface area contributed by atoms with Crippen LogP contribution in [0.1, 0.15) is 19.3 Å². The number of hydrogen-bond donors (Lipinski definition) is 1. The first-order valence-corrected chi connectivity index (χ1v) is 6.65. The monoisotopic (exact) mass is 321 g/mol. The molecule has 0 saturated carbocycles. The van der Waals surface area contributed by atoms with Gasteiger partial charge in [-0.1, -0.05) is 0 Å². The van der Waals surface area contributed by atoms with E-state index in [1.54, 1.807) is 0 Å². The largest absolute Gasteiger partial charge is 0.404 e. The molecule has 9 heteroatoms. The fraction of sp³-hybridized carbons (Fsp3) is 1.00. The van der Waals surface area contributed by atoms with Gasteiger partial charge in [-0.25, -0.2) is 0 Å². The number of rotatable bonds is 2. The number of β-amino-alcohol motifs (C(OH)–C–C–N with tert-alkyl or cyclic N) is 1. The normalized spacial score (nSPS) is 27.0. The van der Waals surface area contributed by atoms with E-state index in [0.29, 0.717) is 0 Å². The summed E-state index contributed by atoms with van der Waals surface area (Å²) in [6.45, 7) is -1.16. The van der Waals surface area contributed by atoms with Gasteiger partial charge in [0.15, 0.2) is 5.41 Å². The summed E-state index contributed by atoms with van der Waals surface area (Å²) in [5, 5.41) is 10.2. The lowest BCUT2D eigenvalue weighted by Crippen LogP contribution is -2.53. The Bertz CT molecular complexity index is 361. The smallest absolute Gasteiger partial charge is 0.388 e. The fourth-order valence-corrected chi connectivity index (χ4v) is 2.97. The second-order valence-corrected chi connectivity index (χ2v) is 5.87. The minimum absolute atomic E-state index is 0.190. The van der Waals surface area contributed by atoms with E-state index in [9.17, 15) is 31.4 Å². The highest BCUT2D eigenvalue weighted by atomic mass is 19.4. The standard InChI is InChI=1S/C12H17F6NO2/c13-11(14,15)10(12(16,17)18)1-4-19(8-10)7-9(20)2-5-21-6-3-9/h20H,1-8H2. The van der Waals surface area contributed by atoms with E-state index in [2.05, 4.69) is 0 Å². The maximum atomic E-state index is 12.9. The summed E-state index contributed by atoms with van der Waals surface area (Å²) in [4.78, 5) is 1.06. The van der Waals surface area contributed by atoms with E-state index in [4.69, 9.17) is 4.74 Å². The molecule has 2 fully saturated rings. The lowest BCUT2D eigenvalue weighted by atomic mass is 9.85. The third kappa shape index (κ3) is 3.14. The summed E-state index contributed by atoms with van der Waals surface area (Å²) in [5.74, 6) is 0. The maximum absolute atomic E-state index is 12.9. The van der Waals surface area contributed by atoms with Crippen molar-refractivity contribution in [3.8, 4) is 0 Å². The molecule has 2 aliphatic heterocycles. The lowest BCUT2D eigenvalue weighted by Gasteiger charge is -2.37. The number of hydrogen-bond acceptors (Lipinski definition) is 3. The van der Waals surface area contributed by atoms with Gasteiger partial charge in [-0.2, -0.15) is 26.3 Å². The molecule has 0 aliphatic carbocycles. The number of aliphatic hydroxyl groups is 1. The van der Waals surface area contributed by atoms with Crippen LogP contribution in [0.4, 0.5) is 26.3 Å². The maximum Gasteiger partial charge on any atom is 0.404 e. The van der Waals surface area contributed by atoms with E-state index < -0.39 is 36.3 Å². The second-order valence-electron chi connectivity index (χ2n) is 5.87. The van der Waals surface area contributed by atoms with Gasteiger partial charge in [0.2, 0.25) is 0 Å². The molecule has 0 aromatic rings. The van der Waals surface area contributed by atoms with E-state index >= 15 is 0 Å². The van der Waals surface area contributed by atoms with Crippen LogP contribution in [-0.4, -0.2) is 60.8 Å². The van der Waals surface area contributed by atoms with Gasteiger partial charge in [0, 0.05) is 39.1 Å². The van der Waals surface area contributed by atoms with Gasteiger partial charge in [0.1, 0.15) is 0 Å². The van der Waals surface area contributed by atoms with Crippen LogP contribution in [-0.2, 0) is 4.74 Å². The Morgan fingerprint density at radius 3 is 1.90 bits per heavy atom. The van der Waals surface area contributed by atoms with Crippen LogP contribution in [0.3, 0.4) is 0 Å². The minimum Gasteiger partial charge on any atom is -0.388 e. The molecule has 1 N–H and O–H groups in total. The van der Waals surface area contributed by atoms with E-state index in [1.165, 1.54) is 0 Å². The average Bonchev–Trinajstić information content (AvgIpc) is 2.73. The molecular formula is C12H17F6NO2. The number of alkyl halides is 6. The highest BCUT2D eigenvalue weighted by Crippen LogP contribution is 2.55. The molecule has 0 aromatic carbocycles. The summed E-state index contributed by atoms with van der Waals surface area (Å²) in [6, 6.07) is 0. The summed E-state index contributed by atoms with van der Waals surface area (Å²) in [6.07, 6.45) is -11.3. The number of ether oxygens (including phenoxy) is 1. The molecule has 124 valence electrons. The molecule has 0 unspecified atom stereocenters. The van der Waals surface area contributed by atoms with Gasteiger partial charge in [0.25, 0.3) is 0 Å². The Morgan fingerprint density at radius 2 is 1.48 bits per heavy atom. The second kappa shape index (κ2) is 5.27. The molecule has 21 heavy (non-hydrogen) atoms. The Balaban J connectivity index is 2.10. The Morgan fingerprint density at radius 1 is 0.952 bits per heavy atom. The SMILES string of the molecule is OC1(CN2CCC(C(F)(F)F)(C(F)(F)F)C2)CCOCC1. The summed E-state index contributed by atoms with van der Waals surface area (Å²) < 4.78 is 82.6. The first-order valence-electron chi connectivity index (χ1n) is 6.65. The molecule has 3 nitrogen and oxygen atoms in total. The minimum atomic E-state index is -5.35. The van der Waals surface area contributed by atoms with Crippen molar-refractivity contribution in [2.24, 2.45) is 5.41 Å². The topological polar surface area (TPSA) is 32.7 Å². The first kappa shape index (κ1) is 16.8. The van der Waals surface area contributed by atoms with Crippen molar-refractivity contribution in [2.45, 2.75) is 37.2 Å². The van der Waals surface area contributed by atoms with Crippen LogP contribution in [0, 0.1) is 5.41 Å². The highest BCUT2D eigenvalue weighted by molar-refractivity contribution is 5.02. The molecule has 0 bridgehead atoms. The van der Waals surface area contributed by atoms with Crippen LogP contribution < -0.4 is 0 Å². The number of halogens is 6. The zero-order valence-electron chi connectivity index (χ0n) is 11.2. The third-order valence-corrected chi connectivity index (χ3v) is 4.38. The quantitative estimate of drug-likeness (QED) is 0.793. The Kier molecular flexibility index (Phi) is 4.23. The molecule has 2 heterocycles. The van der Waals surface area contributed by atoms with Crippen LogP contribution >= 0.6 is 0 Å². The summed E-state index contributed by atoms with van der Waals surface area (Å²) in [5.41, 5.74) is -4.97.